The van der Waals surface area contributed by atoms with Crippen LogP contribution in [0.4, 0.5) is 0 Å². The van der Waals surface area contributed by atoms with Crippen molar-refractivity contribution in [2.45, 2.75) is 31.3 Å². The molecule has 5 rings (SSSR count). The van der Waals surface area contributed by atoms with Gasteiger partial charge in [0.1, 0.15) is 17.6 Å². The summed E-state index contributed by atoms with van der Waals surface area (Å²) in [4.78, 5) is 17.0. The molecule has 0 spiro atoms. The quantitative estimate of drug-likeness (QED) is 0.555. The normalized spacial score (nSPS) is 21.5. The largest absolute Gasteiger partial charge is 0.497 e. The molecule has 6 nitrogen and oxygen atoms in total. The molecule has 0 unspecified atom stereocenters. The van der Waals surface area contributed by atoms with E-state index in [2.05, 4.69) is 22.4 Å². The zero-order valence-electron chi connectivity index (χ0n) is 17.4. The number of hydrogen-bond donors (Lipinski definition) is 0. The molecule has 2 aliphatic heterocycles. The average Bonchev–Trinajstić information content (AvgIpc) is 3.59. The molecule has 0 radical (unpaired) electrons. The molecule has 3 aromatic rings. The summed E-state index contributed by atoms with van der Waals surface area (Å²) in [6.07, 6.45) is 4.48. The molecule has 0 aliphatic carbocycles. The number of likely N-dealkylation sites (tertiary alicyclic amines) is 1. The molecule has 2 aromatic heterocycles. The highest BCUT2D eigenvalue weighted by Gasteiger charge is 2.37. The van der Waals surface area contributed by atoms with Crippen molar-refractivity contribution in [1.29, 1.82) is 0 Å². The summed E-state index contributed by atoms with van der Waals surface area (Å²) in [5.74, 6) is 1.57. The highest BCUT2D eigenvalue weighted by atomic mass is 32.1. The van der Waals surface area contributed by atoms with Gasteiger partial charge in [0, 0.05) is 17.3 Å². The van der Waals surface area contributed by atoms with Gasteiger partial charge in [0.2, 0.25) is 0 Å². The predicted molar refractivity (Wildman–Crippen MR) is 120 cm³/mol. The van der Waals surface area contributed by atoms with E-state index >= 15 is 0 Å². The van der Waals surface area contributed by atoms with Crippen molar-refractivity contribution in [3.05, 3.63) is 76.4 Å². The Bertz CT molecular complexity index is 1040. The Morgan fingerprint density at radius 1 is 1.19 bits per heavy atom. The second kappa shape index (κ2) is 8.69. The lowest BCUT2D eigenvalue weighted by atomic mass is 10.0. The first-order chi connectivity index (χ1) is 15.2. The van der Waals surface area contributed by atoms with Crippen molar-refractivity contribution in [2.75, 3.05) is 20.2 Å². The standard InChI is InChI=1S/C24H25N3O3S/c1-29-18-10-8-17(9-11-18)19-15-21(22-6-3-13-30-22)27(25-19)24(28)16-26-12-2-5-20(26)23-7-4-14-31-23/h3-4,6-11,13-14,20-21H,2,5,12,15-16H2,1H3/t20-,21+/m0/s1. The SMILES string of the molecule is COc1ccc(C2=NN(C(=O)CN3CCC[C@H]3c3cccs3)[C@@H](c3ccco3)C2)cc1. The van der Waals surface area contributed by atoms with Gasteiger partial charge in [-0.3, -0.25) is 9.69 Å². The monoisotopic (exact) mass is 435 g/mol. The van der Waals surface area contributed by atoms with Gasteiger partial charge in [-0.05, 0) is 72.8 Å². The van der Waals surface area contributed by atoms with E-state index < -0.39 is 0 Å². The Hall–Kier alpha value is -2.90. The lowest BCUT2D eigenvalue weighted by Gasteiger charge is -2.26. The number of ether oxygens (including phenoxy) is 1. The zero-order valence-corrected chi connectivity index (χ0v) is 18.3. The number of amides is 1. The van der Waals surface area contributed by atoms with Gasteiger partial charge in [-0.2, -0.15) is 5.10 Å². The Morgan fingerprint density at radius 3 is 2.77 bits per heavy atom. The summed E-state index contributed by atoms with van der Waals surface area (Å²) >= 11 is 1.76. The van der Waals surface area contributed by atoms with Gasteiger partial charge in [0.05, 0.1) is 25.6 Å². The average molecular weight is 436 g/mol. The first-order valence-corrected chi connectivity index (χ1v) is 11.5. The molecular weight excluding hydrogens is 410 g/mol. The minimum absolute atomic E-state index is 0.00775. The number of benzene rings is 1. The second-order valence-electron chi connectivity index (χ2n) is 7.89. The Balaban J connectivity index is 1.38. The van der Waals surface area contributed by atoms with E-state index in [1.165, 1.54) is 4.88 Å². The number of thiophene rings is 1. The molecule has 1 saturated heterocycles. The fraction of sp³-hybridized carbons (Fsp3) is 0.333. The van der Waals surface area contributed by atoms with Crippen LogP contribution in [0.15, 0.2) is 69.7 Å². The van der Waals surface area contributed by atoms with E-state index in [4.69, 9.17) is 14.3 Å². The summed E-state index contributed by atoms with van der Waals surface area (Å²) in [5.41, 5.74) is 1.87. The summed E-state index contributed by atoms with van der Waals surface area (Å²) < 4.78 is 10.9. The van der Waals surface area contributed by atoms with Crippen LogP contribution in [0.1, 0.15) is 47.5 Å². The summed E-state index contributed by atoms with van der Waals surface area (Å²) in [7, 11) is 1.65. The van der Waals surface area contributed by atoms with E-state index in [0.717, 1.165) is 42.2 Å². The van der Waals surface area contributed by atoms with E-state index in [1.54, 1.807) is 29.7 Å². The Morgan fingerprint density at radius 2 is 2.06 bits per heavy atom. The third-order valence-electron chi connectivity index (χ3n) is 6.03. The number of nitrogens with zero attached hydrogens (tertiary/aromatic N) is 3. The van der Waals surface area contributed by atoms with Crippen LogP contribution in [0.2, 0.25) is 0 Å². The lowest BCUT2D eigenvalue weighted by Crippen LogP contribution is -2.37. The maximum absolute atomic E-state index is 13.4. The maximum atomic E-state index is 13.4. The van der Waals surface area contributed by atoms with Crippen LogP contribution in [-0.2, 0) is 4.79 Å². The predicted octanol–water partition coefficient (Wildman–Crippen LogP) is 4.86. The summed E-state index contributed by atoms with van der Waals surface area (Å²) in [5, 5.41) is 8.49. The van der Waals surface area contributed by atoms with E-state index in [-0.39, 0.29) is 11.9 Å². The first kappa shape index (κ1) is 20.0. The maximum Gasteiger partial charge on any atom is 0.257 e. The molecule has 1 aromatic carbocycles. The smallest absolute Gasteiger partial charge is 0.257 e. The number of hydrogen-bond acceptors (Lipinski definition) is 6. The molecule has 7 heteroatoms. The van der Waals surface area contributed by atoms with Crippen LogP contribution in [0.5, 0.6) is 5.75 Å². The van der Waals surface area contributed by atoms with Gasteiger partial charge in [-0.1, -0.05) is 6.07 Å². The second-order valence-corrected chi connectivity index (χ2v) is 8.87. The number of methoxy groups -OCH3 is 1. The first-order valence-electron chi connectivity index (χ1n) is 10.6. The summed E-state index contributed by atoms with van der Waals surface area (Å²) in [6, 6.07) is 15.9. The summed E-state index contributed by atoms with van der Waals surface area (Å²) in [6.45, 7) is 1.29. The zero-order chi connectivity index (χ0) is 21.2. The minimum Gasteiger partial charge on any atom is -0.497 e. The molecule has 4 heterocycles. The lowest BCUT2D eigenvalue weighted by molar-refractivity contribution is -0.134. The van der Waals surface area contributed by atoms with Crippen LogP contribution in [-0.4, -0.2) is 41.7 Å². The number of hydrazone groups is 1. The molecule has 1 fully saturated rings. The van der Waals surface area contributed by atoms with Crippen LogP contribution in [0.3, 0.4) is 0 Å². The van der Waals surface area contributed by atoms with E-state index in [1.807, 2.05) is 36.4 Å². The van der Waals surface area contributed by atoms with Crippen molar-refractivity contribution >= 4 is 23.0 Å². The van der Waals surface area contributed by atoms with Crippen molar-refractivity contribution in [2.24, 2.45) is 5.10 Å². The number of rotatable bonds is 6. The van der Waals surface area contributed by atoms with Crippen LogP contribution >= 0.6 is 11.3 Å². The molecule has 0 N–H and O–H groups in total. The topological polar surface area (TPSA) is 58.3 Å². The van der Waals surface area contributed by atoms with Crippen molar-refractivity contribution in [3.8, 4) is 5.75 Å². The Kier molecular flexibility index (Phi) is 5.61. The van der Waals surface area contributed by atoms with Crippen molar-refractivity contribution in [3.63, 3.8) is 0 Å². The van der Waals surface area contributed by atoms with Crippen LogP contribution in [0.25, 0.3) is 0 Å². The van der Waals surface area contributed by atoms with Gasteiger partial charge in [0.25, 0.3) is 5.91 Å². The van der Waals surface area contributed by atoms with Crippen molar-refractivity contribution in [1.82, 2.24) is 9.91 Å². The van der Waals surface area contributed by atoms with E-state index in [0.29, 0.717) is 19.0 Å². The molecular formula is C24H25N3O3S. The Labute approximate surface area is 185 Å². The van der Waals surface area contributed by atoms with Gasteiger partial charge in [-0.25, -0.2) is 5.01 Å². The molecule has 160 valence electrons. The third kappa shape index (κ3) is 4.03. The fourth-order valence-corrected chi connectivity index (χ4v) is 5.36. The molecule has 2 atom stereocenters. The van der Waals surface area contributed by atoms with Crippen LogP contribution < -0.4 is 4.74 Å². The van der Waals surface area contributed by atoms with Gasteiger partial charge in [0.15, 0.2) is 0 Å². The number of carbonyl (C=O) groups excluding carboxylic acids is 1. The molecule has 1 amide bonds. The minimum atomic E-state index is -0.220. The van der Waals surface area contributed by atoms with E-state index in [9.17, 15) is 4.79 Å². The molecule has 2 aliphatic rings. The highest BCUT2D eigenvalue weighted by molar-refractivity contribution is 7.10. The number of furan rings is 1. The molecule has 0 saturated carbocycles. The van der Waals surface area contributed by atoms with Crippen molar-refractivity contribution < 1.29 is 13.9 Å². The highest BCUT2D eigenvalue weighted by Crippen LogP contribution is 2.36. The molecule has 31 heavy (non-hydrogen) atoms. The number of carbonyl (C=O) groups is 1. The third-order valence-corrected chi connectivity index (χ3v) is 7.01. The van der Waals surface area contributed by atoms with Gasteiger partial charge < -0.3 is 9.15 Å². The van der Waals surface area contributed by atoms with Gasteiger partial charge >= 0.3 is 0 Å². The fourth-order valence-electron chi connectivity index (χ4n) is 4.47. The van der Waals surface area contributed by atoms with Gasteiger partial charge in [-0.15, -0.1) is 11.3 Å². The van der Waals surface area contributed by atoms with Crippen LogP contribution in [0, 0.1) is 0 Å². The molecule has 0 bridgehead atoms.